The number of rotatable bonds is 4. The molecule has 0 aliphatic carbocycles. The lowest BCUT2D eigenvalue weighted by molar-refractivity contribution is 0.442. The predicted octanol–water partition coefficient (Wildman–Crippen LogP) is 3.58. The third kappa shape index (κ3) is 3.10. The number of aromatic nitrogens is 2. The summed E-state index contributed by atoms with van der Waals surface area (Å²) in [6, 6.07) is 2.07. The van der Waals surface area contributed by atoms with Gasteiger partial charge in [-0.25, -0.2) is 4.98 Å². The van der Waals surface area contributed by atoms with Crippen molar-refractivity contribution >= 4 is 33.3 Å². The summed E-state index contributed by atoms with van der Waals surface area (Å²) < 4.78 is 0. The van der Waals surface area contributed by atoms with E-state index in [-0.39, 0.29) is 5.41 Å². The van der Waals surface area contributed by atoms with Gasteiger partial charge in [0.1, 0.15) is 10.6 Å². The molecule has 2 aromatic rings. The van der Waals surface area contributed by atoms with Crippen LogP contribution in [0, 0.1) is 5.41 Å². The van der Waals surface area contributed by atoms with Crippen LogP contribution in [0.2, 0.25) is 0 Å². The maximum Gasteiger partial charge on any atom is 0.226 e. The molecule has 0 saturated carbocycles. The van der Waals surface area contributed by atoms with Gasteiger partial charge in [0.2, 0.25) is 5.95 Å². The minimum Gasteiger partial charge on any atom is -0.369 e. The predicted molar refractivity (Wildman–Crippen MR) is 79.5 cm³/mol. The third-order valence-corrected chi connectivity index (χ3v) is 3.25. The Hall–Kier alpha value is -1.36. The fraction of sp³-hybridized carbons (Fsp3) is 0.538. The average molecular weight is 264 g/mol. The Morgan fingerprint density at radius 3 is 2.67 bits per heavy atom. The number of anilines is 2. The lowest BCUT2D eigenvalue weighted by Gasteiger charge is -2.19. The molecule has 0 fully saturated rings. The van der Waals surface area contributed by atoms with Crippen LogP contribution in [0.5, 0.6) is 0 Å². The highest BCUT2D eigenvalue weighted by Gasteiger charge is 2.13. The standard InChI is InChI=1S/C13H20N4S/c1-5-14-12-16-10(15-8-13(2,3)4)9-6-7-18-11(9)17-12/h6-7H,5,8H2,1-4H3,(H2,14,15,16,17). The molecule has 0 aliphatic heterocycles. The van der Waals surface area contributed by atoms with Crippen molar-refractivity contribution in [3.05, 3.63) is 11.4 Å². The van der Waals surface area contributed by atoms with Gasteiger partial charge < -0.3 is 10.6 Å². The molecule has 98 valence electrons. The monoisotopic (exact) mass is 264 g/mol. The minimum absolute atomic E-state index is 0.228. The van der Waals surface area contributed by atoms with Crippen molar-refractivity contribution in [2.45, 2.75) is 27.7 Å². The van der Waals surface area contributed by atoms with Crippen molar-refractivity contribution in [2.24, 2.45) is 5.41 Å². The quantitative estimate of drug-likeness (QED) is 0.886. The number of nitrogens with one attached hydrogen (secondary N) is 2. The molecule has 0 saturated heterocycles. The highest BCUT2D eigenvalue weighted by molar-refractivity contribution is 7.16. The van der Waals surface area contributed by atoms with Gasteiger partial charge in [-0.05, 0) is 23.8 Å². The van der Waals surface area contributed by atoms with E-state index in [1.165, 1.54) is 0 Å². The molecule has 0 radical (unpaired) electrons. The summed E-state index contributed by atoms with van der Waals surface area (Å²) in [5.74, 6) is 1.62. The normalized spacial score (nSPS) is 11.8. The van der Waals surface area contributed by atoms with E-state index in [0.29, 0.717) is 5.95 Å². The zero-order valence-corrected chi connectivity index (χ0v) is 12.2. The zero-order chi connectivity index (χ0) is 13.2. The first kappa shape index (κ1) is 13.1. The van der Waals surface area contributed by atoms with Crippen molar-refractivity contribution < 1.29 is 0 Å². The summed E-state index contributed by atoms with van der Waals surface area (Å²) in [5, 5.41) is 9.76. The van der Waals surface area contributed by atoms with Crippen molar-refractivity contribution in [1.29, 1.82) is 0 Å². The van der Waals surface area contributed by atoms with Gasteiger partial charge in [-0.3, -0.25) is 0 Å². The summed E-state index contributed by atoms with van der Waals surface area (Å²) in [5.41, 5.74) is 0.228. The Labute approximate surface area is 112 Å². The van der Waals surface area contributed by atoms with E-state index < -0.39 is 0 Å². The molecule has 2 N–H and O–H groups in total. The number of fused-ring (bicyclic) bond motifs is 1. The lowest BCUT2D eigenvalue weighted by Crippen LogP contribution is -2.20. The SMILES string of the molecule is CCNc1nc(NCC(C)(C)C)c2ccsc2n1. The summed E-state index contributed by atoms with van der Waals surface area (Å²) >= 11 is 1.64. The fourth-order valence-corrected chi connectivity index (χ4v) is 2.34. The fourth-order valence-electron chi connectivity index (χ4n) is 1.58. The zero-order valence-electron chi connectivity index (χ0n) is 11.4. The Morgan fingerprint density at radius 1 is 1.22 bits per heavy atom. The molecular formula is C13H20N4S. The summed E-state index contributed by atoms with van der Waals surface area (Å²) in [6.45, 7) is 10.4. The van der Waals surface area contributed by atoms with Gasteiger partial charge in [0.25, 0.3) is 0 Å². The molecule has 18 heavy (non-hydrogen) atoms. The summed E-state index contributed by atoms with van der Waals surface area (Å²) in [7, 11) is 0. The summed E-state index contributed by atoms with van der Waals surface area (Å²) in [6.07, 6.45) is 0. The Morgan fingerprint density at radius 2 is 2.00 bits per heavy atom. The first-order valence-corrected chi connectivity index (χ1v) is 7.10. The van der Waals surface area contributed by atoms with Crippen LogP contribution in [0.15, 0.2) is 11.4 Å². The Balaban J connectivity index is 2.31. The maximum absolute atomic E-state index is 4.54. The van der Waals surface area contributed by atoms with Gasteiger partial charge in [0.05, 0.1) is 5.39 Å². The molecule has 0 unspecified atom stereocenters. The second-order valence-corrected chi connectivity index (χ2v) is 6.37. The Bertz CT molecular complexity index is 527. The number of thiophene rings is 1. The van der Waals surface area contributed by atoms with Gasteiger partial charge in [-0.15, -0.1) is 11.3 Å². The largest absolute Gasteiger partial charge is 0.369 e. The van der Waals surface area contributed by atoms with E-state index in [9.17, 15) is 0 Å². The van der Waals surface area contributed by atoms with Crippen LogP contribution in [-0.4, -0.2) is 23.1 Å². The summed E-state index contributed by atoms with van der Waals surface area (Å²) in [4.78, 5) is 10.1. The molecule has 2 rings (SSSR count). The number of hydrogen-bond acceptors (Lipinski definition) is 5. The smallest absolute Gasteiger partial charge is 0.226 e. The molecule has 4 nitrogen and oxygen atoms in total. The van der Waals surface area contributed by atoms with Crippen molar-refractivity contribution in [2.75, 3.05) is 23.7 Å². The third-order valence-electron chi connectivity index (χ3n) is 2.45. The van der Waals surface area contributed by atoms with E-state index >= 15 is 0 Å². The molecular weight excluding hydrogens is 244 g/mol. The van der Waals surface area contributed by atoms with Crippen molar-refractivity contribution in [1.82, 2.24) is 9.97 Å². The molecule has 0 spiro atoms. The second kappa shape index (κ2) is 5.10. The van der Waals surface area contributed by atoms with Crippen LogP contribution in [0.1, 0.15) is 27.7 Å². The second-order valence-electron chi connectivity index (χ2n) is 5.48. The Kier molecular flexibility index (Phi) is 3.71. The van der Waals surface area contributed by atoms with Crippen LogP contribution in [0.25, 0.3) is 10.2 Å². The van der Waals surface area contributed by atoms with E-state index in [0.717, 1.165) is 29.1 Å². The van der Waals surface area contributed by atoms with Gasteiger partial charge in [-0.1, -0.05) is 20.8 Å². The first-order valence-electron chi connectivity index (χ1n) is 6.22. The molecule has 0 bridgehead atoms. The molecule has 0 amide bonds. The van der Waals surface area contributed by atoms with E-state index in [4.69, 9.17) is 0 Å². The average Bonchev–Trinajstić information content (AvgIpc) is 2.73. The highest BCUT2D eigenvalue weighted by Crippen LogP contribution is 2.27. The molecule has 0 atom stereocenters. The van der Waals surface area contributed by atoms with Crippen molar-refractivity contribution in [3.8, 4) is 0 Å². The number of hydrogen-bond donors (Lipinski definition) is 2. The minimum atomic E-state index is 0.228. The van der Waals surface area contributed by atoms with Gasteiger partial charge in [0, 0.05) is 13.1 Å². The van der Waals surface area contributed by atoms with Gasteiger partial charge in [-0.2, -0.15) is 4.98 Å². The van der Waals surface area contributed by atoms with E-state index in [1.807, 2.05) is 6.92 Å². The van der Waals surface area contributed by atoms with Crippen LogP contribution in [-0.2, 0) is 0 Å². The first-order chi connectivity index (χ1) is 8.49. The molecule has 5 heteroatoms. The van der Waals surface area contributed by atoms with Crippen LogP contribution in [0.4, 0.5) is 11.8 Å². The van der Waals surface area contributed by atoms with E-state index in [2.05, 4.69) is 52.8 Å². The number of nitrogens with zero attached hydrogens (tertiary/aromatic N) is 2. The van der Waals surface area contributed by atoms with Crippen LogP contribution < -0.4 is 10.6 Å². The van der Waals surface area contributed by atoms with E-state index in [1.54, 1.807) is 11.3 Å². The van der Waals surface area contributed by atoms with Crippen LogP contribution in [0.3, 0.4) is 0 Å². The highest BCUT2D eigenvalue weighted by atomic mass is 32.1. The van der Waals surface area contributed by atoms with Crippen LogP contribution >= 0.6 is 11.3 Å². The van der Waals surface area contributed by atoms with Gasteiger partial charge >= 0.3 is 0 Å². The van der Waals surface area contributed by atoms with Gasteiger partial charge in [0.15, 0.2) is 0 Å². The molecule has 2 heterocycles. The molecule has 2 aromatic heterocycles. The molecule has 0 aliphatic rings. The topological polar surface area (TPSA) is 49.8 Å². The molecule has 0 aromatic carbocycles. The van der Waals surface area contributed by atoms with Crippen molar-refractivity contribution in [3.63, 3.8) is 0 Å². The maximum atomic E-state index is 4.54. The lowest BCUT2D eigenvalue weighted by atomic mass is 9.97.